The molecule has 0 saturated heterocycles. The molecule has 0 radical (unpaired) electrons. The van der Waals surface area contributed by atoms with Crippen molar-refractivity contribution in [3.05, 3.63) is 24.3 Å². The summed E-state index contributed by atoms with van der Waals surface area (Å²) >= 11 is 2.15. The zero-order valence-corrected chi connectivity index (χ0v) is 9.73. The van der Waals surface area contributed by atoms with Gasteiger partial charge in [-0.25, -0.2) is 4.21 Å². The minimum absolute atomic E-state index is 0. The van der Waals surface area contributed by atoms with Crippen molar-refractivity contribution >= 4 is 23.7 Å². The second kappa shape index (κ2) is 5.35. The van der Waals surface area contributed by atoms with Crippen molar-refractivity contribution in [3.8, 4) is 0 Å². The summed E-state index contributed by atoms with van der Waals surface area (Å²) in [4.78, 5) is 1.19. The first-order valence-electron chi connectivity index (χ1n) is 2.60. The predicted molar refractivity (Wildman–Crippen MR) is 42.7 cm³/mol. The van der Waals surface area contributed by atoms with Crippen LogP contribution in [0.25, 0.3) is 0 Å². The first kappa shape index (κ1) is 11.7. The molecule has 0 bridgehead atoms. The summed E-state index contributed by atoms with van der Waals surface area (Å²) in [6, 6.07) is 6.48. The molecule has 0 saturated carbocycles. The summed E-state index contributed by atoms with van der Waals surface area (Å²) in [6.07, 6.45) is 0. The van der Waals surface area contributed by atoms with E-state index >= 15 is 0 Å². The normalized spacial score (nSPS) is 11.8. The van der Waals surface area contributed by atoms with E-state index < -0.39 is 11.1 Å². The van der Waals surface area contributed by atoms with Crippen molar-refractivity contribution in [1.82, 2.24) is 0 Å². The van der Waals surface area contributed by atoms with E-state index in [1.165, 1.54) is 0 Å². The summed E-state index contributed by atoms with van der Waals surface area (Å²) in [6.45, 7) is 0. The predicted octanol–water partition coefficient (Wildman–Crippen LogP) is -1.44. The van der Waals surface area contributed by atoms with Gasteiger partial charge in [0.2, 0.25) is 0 Å². The van der Waals surface area contributed by atoms with Gasteiger partial charge < -0.3 is 4.55 Å². The molecular weight excluding hydrogens is 191 g/mol. The molecule has 1 aromatic carbocycles. The molecule has 1 N–H and O–H groups in total. The average molecular weight is 197 g/mol. The van der Waals surface area contributed by atoms with Crippen molar-refractivity contribution in [3.63, 3.8) is 0 Å². The van der Waals surface area contributed by atoms with Crippen molar-refractivity contribution in [2.24, 2.45) is 0 Å². The minimum atomic E-state index is -1.87. The van der Waals surface area contributed by atoms with E-state index in [1.54, 1.807) is 24.3 Å². The Kier molecular flexibility index (Phi) is 5.68. The Morgan fingerprint density at radius 3 is 2.09 bits per heavy atom. The van der Waals surface area contributed by atoms with Crippen molar-refractivity contribution < 1.29 is 38.3 Å². The molecule has 11 heavy (non-hydrogen) atoms. The van der Waals surface area contributed by atoms with Gasteiger partial charge >= 0.3 is 29.6 Å². The largest absolute Gasteiger partial charge is 1.00 e. The van der Waals surface area contributed by atoms with Crippen LogP contribution in [0.1, 0.15) is 0 Å². The van der Waals surface area contributed by atoms with E-state index in [4.69, 9.17) is 4.55 Å². The molecule has 54 valence electrons. The van der Waals surface area contributed by atoms with Crippen molar-refractivity contribution in [2.75, 3.05) is 0 Å². The molecule has 0 amide bonds. The van der Waals surface area contributed by atoms with Gasteiger partial charge in [-0.15, -0.1) is 12.6 Å². The van der Waals surface area contributed by atoms with Gasteiger partial charge in [0.25, 0.3) is 0 Å². The van der Waals surface area contributed by atoms with Crippen molar-refractivity contribution in [2.45, 2.75) is 9.79 Å². The molecule has 0 aromatic heterocycles. The van der Waals surface area contributed by atoms with Crippen molar-refractivity contribution in [1.29, 1.82) is 0 Å². The Morgan fingerprint density at radius 2 is 1.73 bits per heavy atom. The zero-order valence-electron chi connectivity index (χ0n) is 6.02. The fourth-order valence-corrected chi connectivity index (χ4v) is 1.08. The monoisotopic (exact) mass is 197 g/mol. The van der Waals surface area contributed by atoms with Gasteiger partial charge in [-0.3, -0.25) is 0 Å². The fourth-order valence-electron chi connectivity index (χ4n) is 0.563. The van der Waals surface area contributed by atoms with Gasteiger partial charge in [0, 0.05) is 4.90 Å². The van der Waals surface area contributed by atoms with Gasteiger partial charge in [0.05, 0.1) is 4.90 Å². The Labute approximate surface area is 95.4 Å². The van der Waals surface area contributed by atoms with Crippen LogP contribution in [0.4, 0.5) is 0 Å². The molecule has 0 aliphatic carbocycles. The number of rotatable bonds is 1. The van der Waals surface area contributed by atoms with E-state index in [0.29, 0.717) is 4.90 Å². The molecule has 5 heteroatoms. The number of hydrogen-bond acceptors (Lipinski definition) is 2. The summed E-state index contributed by atoms with van der Waals surface area (Å²) in [5.74, 6) is 0. The molecular formula is C6H6NaO2S2+. The summed E-state index contributed by atoms with van der Waals surface area (Å²) in [5, 5.41) is 0. The van der Waals surface area contributed by atoms with Crippen LogP contribution in [0.15, 0.2) is 34.1 Å². The standard InChI is InChI=1S/C6H6O2S2.Na/c7-10(8)6-3-1-5(9)2-4-6;/h1-4,9H,(H,7,8);/q;+1. The molecule has 1 atom stereocenters. The topological polar surface area (TPSA) is 37.3 Å². The van der Waals surface area contributed by atoms with Crippen LogP contribution in [-0.2, 0) is 11.1 Å². The van der Waals surface area contributed by atoms with Crippen LogP contribution in [-0.4, -0.2) is 8.76 Å². The van der Waals surface area contributed by atoms with Gasteiger partial charge in [-0.2, -0.15) is 0 Å². The Hall–Kier alpha value is 0.680. The first-order chi connectivity index (χ1) is 4.70. The van der Waals surface area contributed by atoms with Crippen LogP contribution in [0.5, 0.6) is 0 Å². The van der Waals surface area contributed by atoms with Gasteiger partial charge in [-0.05, 0) is 24.3 Å². The van der Waals surface area contributed by atoms with E-state index in [2.05, 4.69) is 12.6 Å². The third-order valence-electron chi connectivity index (χ3n) is 1.04. The Balaban J connectivity index is 0.000001000. The average Bonchev–Trinajstić information content (AvgIpc) is 1.88. The van der Waals surface area contributed by atoms with E-state index in [-0.39, 0.29) is 29.6 Å². The zero-order chi connectivity index (χ0) is 7.56. The Bertz CT molecular complexity index is 247. The molecule has 0 fully saturated rings. The Morgan fingerprint density at radius 1 is 1.27 bits per heavy atom. The third kappa shape index (κ3) is 3.73. The molecule has 0 aliphatic rings. The van der Waals surface area contributed by atoms with Crippen LogP contribution < -0.4 is 29.6 Å². The van der Waals surface area contributed by atoms with Crippen LogP contribution >= 0.6 is 12.6 Å². The number of benzene rings is 1. The maximum absolute atomic E-state index is 10.4. The molecule has 0 aliphatic heterocycles. The maximum Gasteiger partial charge on any atom is 1.00 e. The van der Waals surface area contributed by atoms with E-state index in [9.17, 15) is 4.21 Å². The summed E-state index contributed by atoms with van der Waals surface area (Å²) in [7, 11) is 0. The number of hydrogen-bond donors (Lipinski definition) is 2. The van der Waals surface area contributed by atoms with E-state index in [1.807, 2.05) is 0 Å². The van der Waals surface area contributed by atoms with Gasteiger partial charge in [-0.1, -0.05) is 0 Å². The molecule has 1 rings (SSSR count). The third-order valence-corrected chi connectivity index (χ3v) is 2.01. The fraction of sp³-hybridized carbons (Fsp3) is 0. The summed E-state index contributed by atoms with van der Waals surface area (Å²) in [5.41, 5.74) is 0. The first-order valence-corrected chi connectivity index (χ1v) is 4.15. The van der Waals surface area contributed by atoms with E-state index in [0.717, 1.165) is 4.90 Å². The molecule has 0 heterocycles. The summed E-state index contributed by atoms with van der Waals surface area (Å²) < 4.78 is 19.0. The molecule has 0 spiro atoms. The van der Waals surface area contributed by atoms with Gasteiger partial charge in [0.1, 0.15) is 0 Å². The second-order valence-corrected chi connectivity index (χ2v) is 3.23. The smallest absolute Gasteiger partial charge is 0.302 e. The van der Waals surface area contributed by atoms with Crippen LogP contribution in [0.2, 0.25) is 0 Å². The maximum atomic E-state index is 10.4. The van der Waals surface area contributed by atoms with Crippen LogP contribution in [0.3, 0.4) is 0 Å². The SMILES string of the molecule is O=S(O)c1ccc(S)cc1.[Na+]. The number of thiol groups is 1. The van der Waals surface area contributed by atoms with Crippen LogP contribution in [0, 0.1) is 0 Å². The quantitative estimate of drug-likeness (QED) is 0.329. The molecule has 1 unspecified atom stereocenters. The minimum Gasteiger partial charge on any atom is -0.302 e. The second-order valence-electron chi connectivity index (χ2n) is 1.74. The molecule has 1 aromatic rings. The van der Waals surface area contributed by atoms with Gasteiger partial charge in [0.15, 0.2) is 11.1 Å². The molecule has 2 nitrogen and oxygen atoms in total.